The fraction of sp³-hybridized carbons (Fsp3) is 0.0455. The largest absolute Gasteiger partial charge is 0.319 e. The molecule has 30 heavy (non-hydrogen) atoms. The van der Waals surface area contributed by atoms with Gasteiger partial charge in [0.05, 0.1) is 5.69 Å². The second-order valence-electron chi connectivity index (χ2n) is 6.58. The molecule has 0 saturated heterocycles. The summed E-state index contributed by atoms with van der Waals surface area (Å²) in [5.41, 5.74) is 2.30. The van der Waals surface area contributed by atoms with Crippen molar-refractivity contribution < 1.29 is 13.6 Å². The van der Waals surface area contributed by atoms with Gasteiger partial charge in [-0.15, -0.1) is 5.10 Å². The topological polar surface area (TPSA) is 59.8 Å². The zero-order chi connectivity index (χ0) is 21.3. The SMILES string of the molecule is Cc1ccc(-n2nc(C(=O)Nc3cccc(F)c3)nc2-c2ccc(F)cc2)cc1Cl. The summed E-state index contributed by atoms with van der Waals surface area (Å²) in [6.07, 6.45) is 0. The predicted octanol–water partition coefficient (Wildman–Crippen LogP) is 5.43. The Morgan fingerprint density at radius 3 is 2.47 bits per heavy atom. The van der Waals surface area contributed by atoms with Crippen molar-refractivity contribution in [3.63, 3.8) is 0 Å². The maximum absolute atomic E-state index is 13.4. The van der Waals surface area contributed by atoms with E-state index in [0.717, 1.165) is 5.56 Å². The quantitative estimate of drug-likeness (QED) is 0.475. The molecule has 0 aliphatic heterocycles. The maximum Gasteiger partial charge on any atom is 0.295 e. The number of carbonyl (C=O) groups excluding carboxylic acids is 1. The molecule has 4 aromatic rings. The van der Waals surface area contributed by atoms with Crippen molar-refractivity contribution in [2.75, 3.05) is 5.32 Å². The molecule has 1 N–H and O–H groups in total. The molecule has 1 amide bonds. The van der Waals surface area contributed by atoms with Crippen LogP contribution in [0.5, 0.6) is 0 Å². The lowest BCUT2D eigenvalue weighted by Crippen LogP contribution is -2.14. The van der Waals surface area contributed by atoms with E-state index in [0.29, 0.717) is 22.1 Å². The van der Waals surface area contributed by atoms with Gasteiger partial charge in [0, 0.05) is 16.3 Å². The normalized spacial score (nSPS) is 10.8. The van der Waals surface area contributed by atoms with Crippen LogP contribution in [0.3, 0.4) is 0 Å². The molecule has 0 saturated carbocycles. The molecular formula is C22H15ClF2N4O. The Balaban J connectivity index is 1.77. The minimum atomic E-state index is -0.610. The standard InChI is InChI=1S/C22H15ClF2N4O/c1-13-5-10-18(12-19(13)23)29-21(14-6-8-15(24)9-7-14)27-20(28-29)22(30)26-17-4-2-3-16(25)11-17/h2-12H,1H3,(H,26,30). The highest BCUT2D eigenvalue weighted by Gasteiger charge is 2.19. The summed E-state index contributed by atoms with van der Waals surface area (Å²) >= 11 is 6.25. The number of carbonyl (C=O) groups is 1. The summed E-state index contributed by atoms with van der Waals surface area (Å²) < 4.78 is 28.2. The molecule has 0 radical (unpaired) electrons. The van der Waals surface area contributed by atoms with Gasteiger partial charge in [-0.25, -0.2) is 18.4 Å². The second-order valence-corrected chi connectivity index (χ2v) is 6.98. The first kappa shape index (κ1) is 19.7. The molecular weight excluding hydrogens is 410 g/mol. The van der Waals surface area contributed by atoms with Crippen molar-refractivity contribution in [2.24, 2.45) is 0 Å². The second kappa shape index (κ2) is 8.04. The average molecular weight is 425 g/mol. The molecule has 0 atom stereocenters. The number of aromatic nitrogens is 3. The van der Waals surface area contributed by atoms with E-state index in [1.807, 2.05) is 13.0 Å². The third kappa shape index (κ3) is 4.06. The third-order valence-corrected chi connectivity index (χ3v) is 4.80. The van der Waals surface area contributed by atoms with Gasteiger partial charge in [0.1, 0.15) is 11.6 Å². The minimum absolute atomic E-state index is 0.129. The zero-order valence-corrected chi connectivity index (χ0v) is 16.5. The van der Waals surface area contributed by atoms with Gasteiger partial charge in [-0.05, 0) is 67.1 Å². The highest BCUT2D eigenvalue weighted by Crippen LogP contribution is 2.25. The number of halogens is 3. The van der Waals surface area contributed by atoms with Gasteiger partial charge >= 0.3 is 0 Å². The number of amides is 1. The van der Waals surface area contributed by atoms with Crippen molar-refractivity contribution in [1.82, 2.24) is 14.8 Å². The molecule has 0 fully saturated rings. The minimum Gasteiger partial charge on any atom is -0.319 e. The van der Waals surface area contributed by atoms with Crippen LogP contribution < -0.4 is 5.32 Å². The summed E-state index contributed by atoms with van der Waals surface area (Å²) in [5, 5.41) is 7.41. The van der Waals surface area contributed by atoms with Crippen molar-refractivity contribution in [2.45, 2.75) is 6.92 Å². The molecule has 0 bridgehead atoms. The van der Waals surface area contributed by atoms with Crippen molar-refractivity contribution >= 4 is 23.2 Å². The lowest BCUT2D eigenvalue weighted by molar-refractivity contribution is 0.101. The van der Waals surface area contributed by atoms with Crippen molar-refractivity contribution in [3.8, 4) is 17.1 Å². The molecule has 150 valence electrons. The van der Waals surface area contributed by atoms with Gasteiger partial charge in [-0.2, -0.15) is 0 Å². The van der Waals surface area contributed by atoms with Crippen LogP contribution >= 0.6 is 11.6 Å². The van der Waals surface area contributed by atoms with E-state index in [2.05, 4.69) is 15.4 Å². The fourth-order valence-corrected chi connectivity index (χ4v) is 3.02. The van der Waals surface area contributed by atoms with E-state index in [4.69, 9.17) is 11.6 Å². The van der Waals surface area contributed by atoms with Gasteiger partial charge in [0.25, 0.3) is 5.91 Å². The maximum atomic E-state index is 13.4. The van der Waals surface area contributed by atoms with Gasteiger partial charge in [0.15, 0.2) is 5.82 Å². The van der Waals surface area contributed by atoms with Crippen LogP contribution in [0.4, 0.5) is 14.5 Å². The summed E-state index contributed by atoms with van der Waals surface area (Å²) in [6.45, 7) is 1.87. The molecule has 0 spiro atoms. The van der Waals surface area contributed by atoms with Crippen LogP contribution in [0.1, 0.15) is 16.2 Å². The molecule has 8 heteroatoms. The van der Waals surface area contributed by atoms with E-state index in [1.165, 1.54) is 35.0 Å². The first-order chi connectivity index (χ1) is 14.4. The Hall–Kier alpha value is -3.58. The summed E-state index contributed by atoms with van der Waals surface area (Å²) in [5.74, 6) is -1.28. The molecule has 0 aliphatic rings. The Morgan fingerprint density at radius 1 is 1.00 bits per heavy atom. The third-order valence-electron chi connectivity index (χ3n) is 4.40. The zero-order valence-electron chi connectivity index (χ0n) is 15.7. The molecule has 5 nitrogen and oxygen atoms in total. The van der Waals surface area contributed by atoms with E-state index >= 15 is 0 Å². The predicted molar refractivity (Wildman–Crippen MR) is 111 cm³/mol. The van der Waals surface area contributed by atoms with Gasteiger partial charge in [-0.3, -0.25) is 4.79 Å². The number of aryl methyl sites for hydroxylation is 1. The van der Waals surface area contributed by atoms with E-state index in [1.54, 1.807) is 30.3 Å². The average Bonchev–Trinajstić information content (AvgIpc) is 3.16. The number of hydrogen-bond donors (Lipinski definition) is 1. The van der Waals surface area contributed by atoms with Crippen LogP contribution in [-0.4, -0.2) is 20.7 Å². The summed E-state index contributed by atoms with van der Waals surface area (Å²) in [7, 11) is 0. The Kier molecular flexibility index (Phi) is 5.29. The monoisotopic (exact) mass is 424 g/mol. The number of benzene rings is 3. The van der Waals surface area contributed by atoms with E-state index in [-0.39, 0.29) is 11.5 Å². The Labute approximate surface area is 176 Å². The summed E-state index contributed by atoms with van der Waals surface area (Å²) in [6, 6.07) is 16.5. The van der Waals surface area contributed by atoms with Crippen LogP contribution in [0.25, 0.3) is 17.1 Å². The molecule has 1 heterocycles. The van der Waals surface area contributed by atoms with E-state index < -0.39 is 17.5 Å². The fourth-order valence-electron chi connectivity index (χ4n) is 2.84. The Bertz CT molecular complexity index is 1240. The van der Waals surface area contributed by atoms with Crippen LogP contribution in [0.2, 0.25) is 5.02 Å². The smallest absolute Gasteiger partial charge is 0.295 e. The van der Waals surface area contributed by atoms with Crippen molar-refractivity contribution in [3.05, 3.63) is 94.8 Å². The lowest BCUT2D eigenvalue weighted by atomic mass is 10.2. The molecule has 0 aliphatic carbocycles. The molecule has 3 aromatic carbocycles. The molecule has 1 aromatic heterocycles. The van der Waals surface area contributed by atoms with Gasteiger partial charge < -0.3 is 5.32 Å². The first-order valence-electron chi connectivity index (χ1n) is 8.97. The number of nitrogens with one attached hydrogen (secondary N) is 1. The highest BCUT2D eigenvalue weighted by molar-refractivity contribution is 6.31. The number of hydrogen-bond acceptors (Lipinski definition) is 3. The Morgan fingerprint density at radius 2 is 1.77 bits per heavy atom. The van der Waals surface area contributed by atoms with Gasteiger partial charge in [0.2, 0.25) is 5.82 Å². The molecule has 0 unspecified atom stereocenters. The lowest BCUT2D eigenvalue weighted by Gasteiger charge is -2.07. The highest BCUT2D eigenvalue weighted by atomic mass is 35.5. The van der Waals surface area contributed by atoms with E-state index in [9.17, 15) is 13.6 Å². The van der Waals surface area contributed by atoms with Gasteiger partial charge in [-0.1, -0.05) is 23.7 Å². The van der Waals surface area contributed by atoms with Crippen LogP contribution in [0, 0.1) is 18.6 Å². The number of rotatable bonds is 4. The molecule has 4 rings (SSSR count). The number of nitrogens with zero attached hydrogens (tertiary/aromatic N) is 3. The first-order valence-corrected chi connectivity index (χ1v) is 9.35. The van der Waals surface area contributed by atoms with Crippen molar-refractivity contribution in [1.29, 1.82) is 0 Å². The van der Waals surface area contributed by atoms with Crippen LogP contribution in [-0.2, 0) is 0 Å². The van der Waals surface area contributed by atoms with Crippen LogP contribution in [0.15, 0.2) is 66.7 Å². The number of anilines is 1. The summed E-state index contributed by atoms with van der Waals surface area (Å²) in [4.78, 5) is 17.0.